The predicted molar refractivity (Wildman–Crippen MR) is 119 cm³/mol. The van der Waals surface area contributed by atoms with Crippen LogP contribution in [0.15, 0.2) is 53.3 Å². The van der Waals surface area contributed by atoms with Crippen LogP contribution in [-0.2, 0) is 18.4 Å². The van der Waals surface area contributed by atoms with E-state index in [0.717, 1.165) is 31.2 Å². The van der Waals surface area contributed by atoms with Crippen LogP contribution in [0, 0.1) is 5.92 Å². The molecule has 0 saturated heterocycles. The molecule has 0 radical (unpaired) electrons. The first-order chi connectivity index (χ1) is 14.5. The summed E-state index contributed by atoms with van der Waals surface area (Å²) in [5.41, 5.74) is 1.50. The molecule has 1 aliphatic carbocycles. The highest BCUT2D eigenvalue weighted by atomic mass is 35.5. The molecule has 2 aromatic carbocycles. The molecule has 1 amide bonds. The van der Waals surface area contributed by atoms with Gasteiger partial charge in [-0.1, -0.05) is 54.8 Å². The summed E-state index contributed by atoms with van der Waals surface area (Å²) >= 11 is 6.07. The number of benzene rings is 2. The number of fused-ring (bicyclic) bond motifs is 1. The van der Waals surface area contributed by atoms with E-state index in [2.05, 4.69) is 0 Å². The van der Waals surface area contributed by atoms with E-state index < -0.39 is 0 Å². The van der Waals surface area contributed by atoms with E-state index in [9.17, 15) is 9.59 Å². The number of rotatable bonds is 5. The average Bonchev–Trinajstić information content (AvgIpc) is 3.30. The highest BCUT2D eigenvalue weighted by Crippen LogP contribution is 2.31. The van der Waals surface area contributed by atoms with E-state index in [-0.39, 0.29) is 23.4 Å². The molecule has 1 aliphatic rings. The van der Waals surface area contributed by atoms with Crippen LogP contribution in [0.2, 0.25) is 5.02 Å². The zero-order valence-electron chi connectivity index (χ0n) is 17.3. The van der Waals surface area contributed by atoms with Crippen molar-refractivity contribution in [3.63, 3.8) is 0 Å². The number of halogens is 1. The lowest BCUT2D eigenvalue weighted by molar-refractivity contribution is -0.138. The van der Waals surface area contributed by atoms with Gasteiger partial charge in [-0.2, -0.15) is 0 Å². The lowest BCUT2D eigenvalue weighted by Crippen LogP contribution is -2.39. The average molecular weight is 424 g/mol. The van der Waals surface area contributed by atoms with Gasteiger partial charge < -0.3 is 4.90 Å². The van der Waals surface area contributed by atoms with Gasteiger partial charge in [0.1, 0.15) is 5.82 Å². The standard InChI is InChI=1S/C24H26ClN3O2/c1-16(22-26-21-13-12-19(25)14-20(21)24(30)27(22)2)28(15-17-8-4-3-5-9-17)23(29)18-10-6-7-11-18/h3-5,8-9,12-14,16,18H,6-7,10-11,15H2,1-2H3. The third kappa shape index (κ3) is 3.99. The fourth-order valence-electron chi connectivity index (χ4n) is 4.37. The van der Waals surface area contributed by atoms with Crippen LogP contribution < -0.4 is 5.56 Å². The van der Waals surface area contributed by atoms with Crippen molar-refractivity contribution in [2.75, 3.05) is 0 Å². The lowest BCUT2D eigenvalue weighted by Gasteiger charge is -2.32. The van der Waals surface area contributed by atoms with Gasteiger partial charge >= 0.3 is 0 Å². The number of nitrogens with zero attached hydrogens (tertiary/aromatic N) is 3. The van der Waals surface area contributed by atoms with Crippen molar-refractivity contribution in [1.82, 2.24) is 14.5 Å². The zero-order chi connectivity index (χ0) is 21.3. The summed E-state index contributed by atoms with van der Waals surface area (Å²) in [7, 11) is 1.71. The van der Waals surface area contributed by atoms with Gasteiger partial charge in [0.2, 0.25) is 5.91 Å². The van der Waals surface area contributed by atoms with Crippen molar-refractivity contribution < 1.29 is 4.79 Å². The van der Waals surface area contributed by atoms with Crippen LogP contribution in [0.4, 0.5) is 0 Å². The third-order valence-corrected chi connectivity index (χ3v) is 6.33. The monoisotopic (exact) mass is 423 g/mol. The van der Waals surface area contributed by atoms with Crippen LogP contribution in [0.25, 0.3) is 10.9 Å². The van der Waals surface area contributed by atoms with E-state index in [1.54, 1.807) is 29.8 Å². The Morgan fingerprint density at radius 1 is 1.20 bits per heavy atom. The first-order valence-electron chi connectivity index (χ1n) is 10.5. The highest BCUT2D eigenvalue weighted by molar-refractivity contribution is 6.31. The Balaban J connectivity index is 1.76. The summed E-state index contributed by atoms with van der Waals surface area (Å²) in [6.07, 6.45) is 4.05. The molecule has 1 aromatic heterocycles. The summed E-state index contributed by atoms with van der Waals surface area (Å²) in [4.78, 5) is 33.1. The fourth-order valence-corrected chi connectivity index (χ4v) is 4.54. The molecule has 6 heteroatoms. The number of aromatic nitrogens is 2. The molecule has 30 heavy (non-hydrogen) atoms. The minimum absolute atomic E-state index is 0.0486. The Bertz CT molecular complexity index is 1120. The maximum atomic E-state index is 13.5. The maximum absolute atomic E-state index is 13.5. The van der Waals surface area contributed by atoms with E-state index in [1.165, 1.54) is 0 Å². The topological polar surface area (TPSA) is 55.2 Å². The summed E-state index contributed by atoms with van der Waals surface area (Å²) in [5, 5.41) is 0.988. The normalized spacial score (nSPS) is 15.4. The molecule has 4 rings (SSSR count). The number of carbonyl (C=O) groups is 1. The Kier molecular flexibility index (Phi) is 5.91. The van der Waals surface area contributed by atoms with Gasteiger partial charge in [0.15, 0.2) is 0 Å². The van der Waals surface area contributed by atoms with Crippen molar-refractivity contribution in [2.45, 2.75) is 45.2 Å². The molecule has 1 unspecified atom stereocenters. The quantitative estimate of drug-likeness (QED) is 0.588. The predicted octanol–water partition coefficient (Wildman–Crippen LogP) is 4.87. The van der Waals surface area contributed by atoms with Crippen LogP contribution in [-0.4, -0.2) is 20.4 Å². The molecule has 0 N–H and O–H groups in total. The second-order valence-electron chi connectivity index (χ2n) is 8.10. The smallest absolute Gasteiger partial charge is 0.261 e. The molecule has 1 saturated carbocycles. The summed E-state index contributed by atoms with van der Waals surface area (Å²) in [5.74, 6) is 0.777. The van der Waals surface area contributed by atoms with Gasteiger partial charge in [0.25, 0.3) is 5.56 Å². The Morgan fingerprint density at radius 3 is 2.60 bits per heavy atom. The lowest BCUT2D eigenvalue weighted by atomic mass is 10.0. The van der Waals surface area contributed by atoms with E-state index in [1.807, 2.05) is 42.2 Å². The van der Waals surface area contributed by atoms with Crippen molar-refractivity contribution in [2.24, 2.45) is 13.0 Å². The van der Waals surface area contributed by atoms with Crippen molar-refractivity contribution >= 4 is 28.4 Å². The first-order valence-corrected chi connectivity index (χ1v) is 10.8. The first kappa shape index (κ1) is 20.6. The summed E-state index contributed by atoms with van der Waals surface area (Å²) in [6.45, 7) is 2.45. The van der Waals surface area contributed by atoms with Crippen LogP contribution in [0.5, 0.6) is 0 Å². The summed E-state index contributed by atoms with van der Waals surface area (Å²) in [6, 6.07) is 14.8. The van der Waals surface area contributed by atoms with Crippen LogP contribution in [0.3, 0.4) is 0 Å². The van der Waals surface area contributed by atoms with Crippen LogP contribution >= 0.6 is 11.6 Å². The van der Waals surface area contributed by atoms with E-state index in [0.29, 0.717) is 28.3 Å². The molecular formula is C24H26ClN3O2. The number of carbonyl (C=O) groups excluding carboxylic acids is 1. The number of hydrogen-bond donors (Lipinski definition) is 0. The van der Waals surface area contributed by atoms with Crippen LogP contribution in [0.1, 0.15) is 50.0 Å². The minimum Gasteiger partial charge on any atom is -0.328 e. The van der Waals surface area contributed by atoms with E-state index in [4.69, 9.17) is 16.6 Å². The van der Waals surface area contributed by atoms with Gasteiger partial charge in [0.05, 0.1) is 16.9 Å². The molecule has 1 heterocycles. The Morgan fingerprint density at radius 2 is 1.90 bits per heavy atom. The second-order valence-corrected chi connectivity index (χ2v) is 8.54. The third-order valence-electron chi connectivity index (χ3n) is 6.10. The SMILES string of the molecule is CC(c1nc2ccc(Cl)cc2c(=O)n1C)N(Cc1ccccc1)C(=O)C1CCCC1. The van der Waals surface area contributed by atoms with Gasteiger partial charge in [0, 0.05) is 24.5 Å². The summed E-state index contributed by atoms with van der Waals surface area (Å²) < 4.78 is 1.54. The zero-order valence-corrected chi connectivity index (χ0v) is 18.1. The molecule has 3 aromatic rings. The molecule has 1 atom stereocenters. The van der Waals surface area contributed by atoms with Crippen molar-refractivity contribution in [3.8, 4) is 0 Å². The molecule has 0 bridgehead atoms. The minimum atomic E-state index is -0.337. The van der Waals surface area contributed by atoms with Gasteiger partial charge in [-0.25, -0.2) is 4.98 Å². The highest BCUT2D eigenvalue weighted by Gasteiger charge is 2.32. The molecule has 5 nitrogen and oxygen atoms in total. The van der Waals surface area contributed by atoms with Crippen molar-refractivity contribution in [3.05, 3.63) is 75.3 Å². The maximum Gasteiger partial charge on any atom is 0.261 e. The number of amides is 1. The van der Waals surface area contributed by atoms with Gasteiger partial charge in [-0.3, -0.25) is 14.2 Å². The second kappa shape index (κ2) is 8.60. The molecule has 1 fully saturated rings. The molecule has 156 valence electrons. The van der Waals surface area contributed by atoms with Gasteiger partial charge in [-0.05, 0) is 43.5 Å². The fraction of sp³-hybridized carbons (Fsp3) is 0.375. The molecule has 0 aliphatic heterocycles. The number of hydrogen-bond acceptors (Lipinski definition) is 3. The largest absolute Gasteiger partial charge is 0.328 e. The van der Waals surface area contributed by atoms with Gasteiger partial charge in [-0.15, -0.1) is 0 Å². The molecular weight excluding hydrogens is 398 g/mol. The Hall–Kier alpha value is -2.66. The van der Waals surface area contributed by atoms with E-state index >= 15 is 0 Å². The Labute approximate surface area is 181 Å². The molecule has 0 spiro atoms. The van der Waals surface area contributed by atoms with Crippen molar-refractivity contribution in [1.29, 1.82) is 0 Å².